The molecule has 0 fully saturated rings. The molecule has 19 heavy (non-hydrogen) atoms. The Morgan fingerprint density at radius 2 is 2.11 bits per heavy atom. The molecule has 1 aromatic rings. The zero-order valence-corrected chi connectivity index (χ0v) is 11.7. The predicted octanol–water partition coefficient (Wildman–Crippen LogP) is 2.18. The molecule has 0 saturated carbocycles. The van der Waals surface area contributed by atoms with Gasteiger partial charge in [0.05, 0.1) is 18.7 Å². The lowest BCUT2D eigenvalue weighted by atomic mass is 9.89. The van der Waals surface area contributed by atoms with Crippen LogP contribution in [0.15, 0.2) is 24.3 Å². The highest BCUT2D eigenvalue weighted by atomic mass is 16.5. The third-order valence-electron chi connectivity index (χ3n) is 3.60. The smallest absolute Gasteiger partial charge is 0.230 e. The number of ether oxygens (including phenoxy) is 1. The molecular weight excluding hydrogens is 240 g/mol. The predicted molar refractivity (Wildman–Crippen MR) is 76.4 cm³/mol. The number of hydrogen-bond acceptors (Lipinski definition) is 3. The van der Waals surface area contributed by atoms with Gasteiger partial charge in [0, 0.05) is 6.54 Å². The van der Waals surface area contributed by atoms with Crippen LogP contribution in [0.3, 0.4) is 0 Å². The van der Waals surface area contributed by atoms with Crippen LogP contribution >= 0.6 is 0 Å². The van der Waals surface area contributed by atoms with Crippen LogP contribution in [0.1, 0.15) is 26.7 Å². The first-order valence-corrected chi connectivity index (χ1v) is 6.76. The summed E-state index contributed by atoms with van der Waals surface area (Å²) in [7, 11) is 0. The highest BCUT2D eigenvalue weighted by Gasteiger charge is 2.25. The van der Waals surface area contributed by atoms with Gasteiger partial charge in [-0.1, -0.05) is 26.0 Å². The number of carbonyl (C=O) groups excluding carboxylic acids is 1. The van der Waals surface area contributed by atoms with E-state index in [4.69, 9.17) is 10.5 Å². The average molecular weight is 262 g/mol. The number of carbonyl (C=O) groups is 1. The summed E-state index contributed by atoms with van der Waals surface area (Å²) in [5, 5.41) is 0. The van der Waals surface area contributed by atoms with Gasteiger partial charge in [0.1, 0.15) is 5.75 Å². The van der Waals surface area contributed by atoms with E-state index in [0.717, 1.165) is 17.9 Å². The number of benzene rings is 1. The van der Waals surface area contributed by atoms with E-state index in [0.29, 0.717) is 26.1 Å². The van der Waals surface area contributed by atoms with Crippen molar-refractivity contribution >= 4 is 11.6 Å². The topological polar surface area (TPSA) is 55.6 Å². The largest absolute Gasteiger partial charge is 0.491 e. The number of hydrogen-bond donors (Lipinski definition) is 1. The van der Waals surface area contributed by atoms with E-state index in [1.807, 2.05) is 29.2 Å². The highest BCUT2D eigenvalue weighted by molar-refractivity contribution is 5.95. The molecule has 1 aromatic carbocycles. The Morgan fingerprint density at radius 3 is 2.84 bits per heavy atom. The van der Waals surface area contributed by atoms with Crippen LogP contribution in [-0.2, 0) is 4.79 Å². The van der Waals surface area contributed by atoms with Crippen LogP contribution in [-0.4, -0.2) is 25.6 Å². The van der Waals surface area contributed by atoms with E-state index in [1.165, 1.54) is 0 Å². The zero-order valence-electron chi connectivity index (χ0n) is 11.7. The SMILES string of the molecule is CC(C)(CN)CCN1C(=O)CCOc2ccccc21. The monoisotopic (exact) mass is 262 g/mol. The maximum atomic E-state index is 12.2. The van der Waals surface area contributed by atoms with Gasteiger partial charge in [-0.3, -0.25) is 4.79 Å². The molecule has 4 heteroatoms. The third-order valence-corrected chi connectivity index (χ3v) is 3.60. The minimum absolute atomic E-state index is 0.0440. The fourth-order valence-corrected chi connectivity index (χ4v) is 2.08. The maximum Gasteiger partial charge on any atom is 0.230 e. The average Bonchev–Trinajstić information content (AvgIpc) is 2.55. The van der Waals surface area contributed by atoms with Gasteiger partial charge in [-0.2, -0.15) is 0 Å². The van der Waals surface area contributed by atoms with Crippen molar-refractivity contribution in [2.24, 2.45) is 11.1 Å². The van der Waals surface area contributed by atoms with Crippen LogP contribution in [0.25, 0.3) is 0 Å². The molecule has 1 amide bonds. The Hall–Kier alpha value is -1.55. The van der Waals surface area contributed by atoms with Crippen LogP contribution < -0.4 is 15.4 Å². The molecule has 0 saturated heterocycles. The Balaban J connectivity index is 2.19. The summed E-state index contributed by atoms with van der Waals surface area (Å²) in [5.41, 5.74) is 6.67. The molecular formula is C15H22N2O2. The van der Waals surface area contributed by atoms with Crippen molar-refractivity contribution in [1.29, 1.82) is 0 Å². The first kappa shape index (κ1) is 13.9. The molecule has 2 rings (SSSR count). The van der Waals surface area contributed by atoms with E-state index in [-0.39, 0.29) is 11.3 Å². The van der Waals surface area contributed by atoms with Gasteiger partial charge in [0.15, 0.2) is 0 Å². The van der Waals surface area contributed by atoms with Crippen molar-refractivity contribution in [2.75, 3.05) is 24.6 Å². The van der Waals surface area contributed by atoms with Crippen molar-refractivity contribution in [3.63, 3.8) is 0 Å². The van der Waals surface area contributed by atoms with Crippen LogP contribution in [0.2, 0.25) is 0 Å². The van der Waals surface area contributed by atoms with Crippen molar-refractivity contribution in [2.45, 2.75) is 26.7 Å². The van der Waals surface area contributed by atoms with Gasteiger partial charge < -0.3 is 15.4 Å². The highest BCUT2D eigenvalue weighted by Crippen LogP contribution is 2.32. The second-order valence-corrected chi connectivity index (χ2v) is 5.73. The van der Waals surface area contributed by atoms with Gasteiger partial charge in [-0.05, 0) is 30.5 Å². The standard InChI is InChI=1S/C15H22N2O2/c1-15(2,11-16)8-9-17-12-5-3-4-6-13(12)19-10-7-14(17)18/h3-6H,7-11,16H2,1-2H3. The Labute approximate surface area is 114 Å². The van der Waals surface area contributed by atoms with Crippen molar-refractivity contribution < 1.29 is 9.53 Å². The molecule has 0 radical (unpaired) electrons. The summed E-state index contributed by atoms with van der Waals surface area (Å²) in [5.74, 6) is 0.914. The molecule has 2 N–H and O–H groups in total. The number of anilines is 1. The van der Waals surface area contributed by atoms with E-state index in [9.17, 15) is 4.79 Å². The molecule has 1 aliphatic heterocycles. The normalized spacial score (nSPS) is 15.7. The Morgan fingerprint density at radius 1 is 1.37 bits per heavy atom. The zero-order chi connectivity index (χ0) is 13.9. The van der Waals surface area contributed by atoms with E-state index in [1.54, 1.807) is 0 Å². The summed E-state index contributed by atoms with van der Waals surface area (Å²) in [6.07, 6.45) is 1.31. The van der Waals surface area contributed by atoms with Gasteiger partial charge in [0.25, 0.3) is 0 Å². The molecule has 104 valence electrons. The number of nitrogens with zero attached hydrogens (tertiary/aromatic N) is 1. The first-order valence-electron chi connectivity index (χ1n) is 6.76. The summed E-state index contributed by atoms with van der Waals surface area (Å²) in [6.45, 7) is 6.00. The molecule has 0 atom stereocenters. The molecule has 4 nitrogen and oxygen atoms in total. The van der Waals surface area contributed by atoms with Crippen LogP contribution in [0.5, 0.6) is 5.75 Å². The quantitative estimate of drug-likeness (QED) is 0.904. The fraction of sp³-hybridized carbons (Fsp3) is 0.533. The van der Waals surface area contributed by atoms with E-state index in [2.05, 4.69) is 13.8 Å². The maximum absolute atomic E-state index is 12.2. The molecule has 1 heterocycles. The first-order chi connectivity index (χ1) is 9.03. The molecule has 0 aromatic heterocycles. The number of para-hydroxylation sites is 2. The second kappa shape index (κ2) is 5.61. The van der Waals surface area contributed by atoms with Crippen molar-refractivity contribution in [3.8, 4) is 5.75 Å². The molecule has 0 spiro atoms. The minimum Gasteiger partial charge on any atom is -0.491 e. The molecule has 0 aliphatic carbocycles. The van der Waals surface area contributed by atoms with Crippen molar-refractivity contribution in [1.82, 2.24) is 0 Å². The van der Waals surface area contributed by atoms with Crippen LogP contribution in [0, 0.1) is 5.41 Å². The van der Waals surface area contributed by atoms with Crippen LogP contribution in [0.4, 0.5) is 5.69 Å². The van der Waals surface area contributed by atoms with E-state index < -0.39 is 0 Å². The molecule has 0 unspecified atom stereocenters. The van der Waals surface area contributed by atoms with Gasteiger partial charge in [0.2, 0.25) is 5.91 Å². The number of nitrogens with two attached hydrogens (primary N) is 1. The second-order valence-electron chi connectivity index (χ2n) is 5.73. The summed E-state index contributed by atoms with van der Waals surface area (Å²) < 4.78 is 5.62. The van der Waals surface area contributed by atoms with Crippen molar-refractivity contribution in [3.05, 3.63) is 24.3 Å². The lowest BCUT2D eigenvalue weighted by molar-refractivity contribution is -0.118. The van der Waals surface area contributed by atoms with Gasteiger partial charge in [-0.25, -0.2) is 0 Å². The fourth-order valence-electron chi connectivity index (χ4n) is 2.08. The van der Waals surface area contributed by atoms with Gasteiger partial charge >= 0.3 is 0 Å². The number of fused-ring (bicyclic) bond motifs is 1. The Bertz CT molecular complexity index is 457. The van der Waals surface area contributed by atoms with E-state index >= 15 is 0 Å². The van der Waals surface area contributed by atoms with Gasteiger partial charge in [-0.15, -0.1) is 0 Å². The minimum atomic E-state index is 0.0440. The summed E-state index contributed by atoms with van der Waals surface area (Å²) >= 11 is 0. The summed E-state index contributed by atoms with van der Waals surface area (Å²) in [4.78, 5) is 14.0. The lowest BCUT2D eigenvalue weighted by Gasteiger charge is -2.28. The Kier molecular flexibility index (Phi) is 4.10. The number of amides is 1. The lowest BCUT2D eigenvalue weighted by Crippen LogP contribution is -2.35. The molecule has 1 aliphatic rings. The summed E-state index contributed by atoms with van der Waals surface area (Å²) in [6, 6.07) is 7.71. The number of rotatable bonds is 4. The third kappa shape index (κ3) is 3.26. The molecule has 0 bridgehead atoms.